The Bertz CT molecular complexity index is 593. The van der Waals surface area contributed by atoms with Crippen molar-refractivity contribution in [3.05, 3.63) is 60.7 Å². The topological polar surface area (TPSA) is 29.5 Å². The van der Waals surface area contributed by atoms with Gasteiger partial charge in [0.05, 0.1) is 6.10 Å². The largest absolute Gasteiger partial charge is 0.405 e. The molecule has 0 aliphatic rings. The fourth-order valence-corrected chi connectivity index (χ4v) is 8.26. The van der Waals surface area contributed by atoms with E-state index >= 15 is 0 Å². The zero-order valence-corrected chi connectivity index (χ0v) is 17.2. The average molecular weight is 357 g/mol. The summed E-state index contributed by atoms with van der Waals surface area (Å²) in [5, 5.41) is 12.3. The summed E-state index contributed by atoms with van der Waals surface area (Å²) < 4.78 is 6.95. The summed E-state index contributed by atoms with van der Waals surface area (Å²) in [7, 11) is -2.47. The minimum atomic E-state index is -2.47. The van der Waals surface area contributed by atoms with Gasteiger partial charge in [0.15, 0.2) is 0 Å². The number of hydrogen-bond donors (Lipinski definition) is 1. The van der Waals surface area contributed by atoms with Crippen molar-refractivity contribution in [3.63, 3.8) is 0 Å². The van der Waals surface area contributed by atoms with Crippen LogP contribution in [0.2, 0.25) is 5.04 Å². The van der Waals surface area contributed by atoms with Crippen LogP contribution in [0, 0.1) is 0 Å². The molecule has 0 saturated carbocycles. The number of hydrogen-bond acceptors (Lipinski definition) is 2. The Morgan fingerprint density at radius 3 is 1.64 bits per heavy atom. The molecule has 0 spiro atoms. The van der Waals surface area contributed by atoms with Gasteiger partial charge in [-0.2, -0.15) is 0 Å². The maximum atomic E-state index is 9.65. The molecule has 0 unspecified atom stereocenters. The van der Waals surface area contributed by atoms with Crippen molar-refractivity contribution in [2.45, 2.75) is 64.7 Å². The molecule has 1 N–H and O–H groups in total. The molecule has 0 aliphatic heterocycles. The first kappa shape index (κ1) is 19.9. The van der Waals surface area contributed by atoms with Gasteiger partial charge in [0.25, 0.3) is 8.32 Å². The van der Waals surface area contributed by atoms with E-state index in [9.17, 15) is 5.11 Å². The molecule has 2 nitrogen and oxygen atoms in total. The van der Waals surface area contributed by atoms with Crippen LogP contribution in [-0.4, -0.2) is 25.6 Å². The van der Waals surface area contributed by atoms with Gasteiger partial charge >= 0.3 is 0 Å². The Kier molecular flexibility index (Phi) is 6.61. The Morgan fingerprint density at radius 2 is 1.28 bits per heavy atom. The highest BCUT2D eigenvalue weighted by Crippen LogP contribution is 2.37. The van der Waals surface area contributed by atoms with Gasteiger partial charge < -0.3 is 9.53 Å². The molecular weight excluding hydrogens is 324 g/mol. The molecule has 3 heteroatoms. The van der Waals surface area contributed by atoms with Crippen LogP contribution < -0.4 is 10.4 Å². The highest BCUT2D eigenvalue weighted by Gasteiger charge is 2.50. The van der Waals surface area contributed by atoms with E-state index in [4.69, 9.17) is 4.43 Å². The van der Waals surface area contributed by atoms with Crippen LogP contribution in [0.1, 0.15) is 47.5 Å². The lowest BCUT2D eigenvalue weighted by atomic mass is 10.1. The first-order valence-electron chi connectivity index (χ1n) is 9.24. The Morgan fingerprint density at radius 1 is 0.840 bits per heavy atom. The molecule has 0 heterocycles. The molecule has 0 aliphatic carbocycles. The summed E-state index contributed by atoms with van der Waals surface area (Å²) in [6.07, 6.45) is 1.44. The first-order valence-corrected chi connectivity index (χ1v) is 11.1. The van der Waals surface area contributed by atoms with Crippen LogP contribution in [0.25, 0.3) is 0 Å². The van der Waals surface area contributed by atoms with E-state index in [1.54, 1.807) is 0 Å². The molecule has 0 bridgehead atoms. The third kappa shape index (κ3) is 4.60. The SMILES string of the molecule is C[C@@H](O)CC[C@H](C)O[Si](c1ccccc1)(c1ccccc1)C(C)(C)C. The van der Waals surface area contributed by atoms with Crippen LogP contribution >= 0.6 is 0 Å². The molecule has 136 valence electrons. The smallest absolute Gasteiger partial charge is 0.261 e. The maximum absolute atomic E-state index is 9.65. The number of aliphatic hydroxyl groups excluding tert-OH is 1. The van der Waals surface area contributed by atoms with Crippen molar-refractivity contribution in [2.24, 2.45) is 0 Å². The van der Waals surface area contributed by atoms with Crippen molar-refractivity contribution in [1.29, 1.82) is 0 Å². The summed E-state index contributed by atoms with van der Waals surface area (Å²) >= 11 is 0. The second-order valence-electron chi connectivity index (χ2n) is 8.02. The highest BCUT2D eigenvalue weighted by atomic mass is 28.4. The summed E-state index contributed by atoms with van der Waals surface area (Å²) in [5.74, 6) is 0. The van der Waals surface area contributed by atoms with Crippen LogP contribution in [0.4, 0.5) is 0 Å². The second kappa shape index (κ2) is 8.30. The zero-order chi connectivity index (χ0) is 18.5. The quantitative estimate of drug-likeness (QED) is 0.757. The molecule has 2 aromatic carbocycles. The van der Waals surface area contributed by atoms with Crippen molar-refractivity contribution in [2.75, 3.05) is 0 Å². The van der Waals surface area contributed by atoms with E-state index in [2.05, 4.69) is 88.4 Å². The summed E-state index contributed by atoms with van der Waals surface area (Å²) in [4.78, 5) is 0. The van der Waals surface area contributed by atoms with Crippen LogP contribution in [0.3, 0.4) is 0 Å². The van der Waals surface area contributed by atoms with Crippen molar-refractivity contribution in [3.8, 4) is 0 Å². The van der Waals surface area contributed by atoms with Gasteiger partial charge in [-0.05, 0) is 42.1 Å². The monoisotopic (exact) mass is 356 g/mol. The van der Waals surface area contributed by atoms with Crippen LogP contribution in [0.15, 0.2) is 60.7 Å². The maximum Gasteiger partial charge on any atom is 0.261 e. The molecule has 25 heavy (non-hydrogen) atoms. The van der Waals surface area contributed by atoms with Gasteiger partial charge in [-0.3, -0.25) is 0 Å². The van der Waals surface area contributed by atoms with Crippen LogP contribution in [0.5, 0.6) is 0 Å². The molecule has 2 atom stereocenters. The molecule has 0 aromatic heterocycles. The first-order chi connectivity index (χ1) is 11.8. The molecular formula is C22H32O2Si. The molecule has 0 radical (unpaired) electrons. The lowest BCUT2D eigenvalue weighted by Crippen LogP contribution is -2.67. The van der Waals surface area contributed by atoms with E-state index in [0.717, 1.165) is 12.8 Å². The minimum Gasteiger partial charge on any atom is -0.405 e. The van der Waals surface area contributed by atoms with Crippen molar-refractivity contribution in [1.82, 2.24) is 0 Å². The fourth-order valence-electron chi connectivity index (χ4n) is 3.53. The van der Waals surface area contributed by atoms with Crippen molar-refractivity contribution >= 4 is 18.7 Å². The van der Waals surface area contributed by atoms with Gasteiger partial charge in [-0.1, -0.05) is 81.4 Å². The van der Waals surface area contributed by atoms with Gasteiger partial charge in [0, 0.05) is 6.10 Å². The molecule has 0 fully saturated rings. The number of rotatable bonds is 7. The lowest BCUT2D eigenvalue weighted by molar-refractivity contribution is 0.140. The van der Waals surface area contributed by atoms with Crippen molar-refractivity contribution < 1.29 is 9.53 Å². The third-order valence-electron chi connectivity index (χ3n) is 4.79. The molecule has 2 aromatic rings. The van der Waals surface area contributed by atoms with Crippen LogP contribution in [-0.2, 0) is 4.43 Å². The Balaban J connectivity index is 2.53. The Labute approximate surface area is 154 Å². The number of benzene rings is 2. The van der Waals surface area contributed by atoms with Gasteiger partial charge in [0.2, 0.25) is 0 Å². The normalized spacial score (nSPS) is 15.0. The van der Waals surface area contributed by atoms with E-state index in [-0.39, 0.29) is 17.2 Å². The minimum absolute atomic E-state index is 0.00516. The molecule has 0 amide bonds. The molecule has 2 rings (SSSR count). The fraction of sp³-hybridized carbons (Fsp3) is 0.455. The zero-order valence-electron chi connectivity index (χ0n) is 16.2. The highest BCUT2D eigenvalue weighted by molar-refractivity contribution is 6.99. The lowest BCUT2D eigenvalue weighted by Gasteiger charge is -2.44. The average Bonchev–Trinajstić information content (AvgIpc) is 2.58. The van der Waals surface area contributed by atoms with Gasteiger partial charge in [0.1, 0.15) is 0 Å². The third-order valence-corrected chi connectivity index (χ3v) is 9.95. The summed E-state index contributed by atoms with van der Waals surface area (Å²) in [5.41, 5.74) is 0. The van der Waals surface area contributed by atoms with Gasteiger partial charge in [-0.15, -0.1) is 0 Å². The van der Waals surface area contributed by atoms with E-state index in [1.165, 1.54) is 10.4 Å². The Hall–Kier alpha value is -1.42. The molecule has 0 saturated heterocycles. The number of aliphatic hydroxyl groups is 1. The predicted molar refractivity (Wildman–Crippen MR) is 109 cm³/mol. The van der Waals surface area contributed by atoms with Gasteiger partial charge in [-0.25, -0.2) is 0 Å². The summed E-state index contributed by atoms with van der Waals surface area (Å²) in [6, 6.07) is 21.4. The van der Waals surface area contributed by atoms with E-state index in [1.807, 2.05) is 6.92 Å². The summed E-state index contributed by atoms with van der Waals surface area (Å²) in [6.45, 7) is 10.9. The standard InChI is InChI=1S/C22H32O2Si/c1-18(23)16-17-19(2)24-25(22(3,4)5,20-12-8-6-9-13-20)21-14-10-7-11-15-21/h6-15,18-19,23H,16-17H2,1-5H3/t18-,19+/m1/s1. The van der Waals surface area contributed by atoms with E-state index < -0.39 is 8.32 Å². The predicted octanol–water partition coefficient (Wildman–Crippen LogP) is 4.11. The second-order valence-corrected chi connectivity index (χ2v) is 12.3. The van der Waals surface area contributed by atoms with E-state index in [0.29, 0.717) is 0 Å².